The molecular formula is C36H41N3O4. The lowest BCUT2D eigenvalue weighted by Gasteiger charge is -2.33. The lowest BCUT2D eigenvalue weighted by molar-refractivity contribution is -0.139. The van der Waals surface area contributed by atoms with Gasteiger partial charge in [0.15, 0.2) is 0 Å². The third-order valence-electron chi connectivity index (χ3n) is 9.17. The summed E-state index contributed by atoms with van der Waals surface area (Å²) in [5, 5.41) is 12.6. The molecule has 43 heavy (non-hydrogen) atoms. The Morgan fingerprint density at radius 1 is 0.837 bits per heavy atom. The second-order valence-corrected chi connectivity index (χ2v) is 12.4. The molecule has 0 aromatic heterocycles. The van der Waals surface area contributed by atoms with Crippen molar-refractivity contribution in [1.29, 1.82) is 0 Å². The molecule has 7 heteroatoms. The Bertz CT molecular complexity index is 1490. The molecule has 224 valence electrons. The van der Waals surface area contributed by atoms with Crippen LogP contribution < -0.4 is 10.2 Å². The zero-order valence-electron chi connectivity index (χ0n) is 24.8. The first-order valence-electron chi connectivity index (χ1n) is 15.8. The summed E-state index contributed by atoms with van der Waals surface area (Å²) in [6.07, 6.45) is 7.96. The van der Waals surface area contributed by atoms with Crippen LogP contribution in [0.3, 0.4) is 0 Å². The van der Waals surface area contributed by atoms with Gasteiger partial charge in [-0.05, 0) is 78.1 Å². The van der Waals surface area contributed by atoms with Crippen LogP contribution in [0.4, 0.5) is 11.4 Å². The molecule has 3 aliphatic rings. The molecule has 2 saturated carbocycles. The van der Waals surface area contributed by atoms with Crippen molar-refractivity contribution in [1.82, 2.24) is 4.90 Å². The summed E-state index contributed by atoms with van der Waals surface area (Å²) in [4.78, 5) is 41.7. The summed E-state index contributed by atoms with van der Waals surface area (Å²) in [6.45, 7) is 2.28. The molecule has 0 saturated heterocycles. The molecule has 2 aliphatic carbocycles. The van der Waals surface area contributed by atoms with Gasteiger partial charge in [-0.2, -0.15) is 0 Å². The number of carboxylic acids is 1. The van der Waals surface area contributed by atoms with Crippen molar-refractivity contribution < 1.29 is 19.5 Å². The quantitative estimate of drug-likeness (QED) is 0.281. The molecule has 0 unspecified atom stereocenters. The van der Waals surface area contributed by atoms with E-state index in [4.69, 9.17) is 0 Å². The Balaban J connectivity index is 1.27. The van der Waals surface area contributed by atoms with E-state index in [9.17, 15) is 19.5 Å². The average molecular weight is 580 g/mol. The third-order valence-corrected chi connectivity index (χ3v) is 9.17. The highest BCUT2D eigenvalue weighted by Gasteiger charge is 2.33. The Hall–Kier alpha value is -4.13. The van der Waals surface area contributed by atoms with E-state index in [1.54, 1.807) is 4.90 Å². The molecule has 6 rings (SSSR count). The minimum absolute atomic E-state index is 0.0293. The highest BCUT2D eigenvalue weighted by Crippen LogP contribution is 2.36. The summed E-state index contributed by atoms with van der Waals surface area (Å²) in [7, 11) is 0. The normalized spacial score (nSPS) is 16.8. The van der Waals surface area contributed by atoms with E-state index >= 15 is 0 Å². The number of amides is 2. The van der Waals surface area contributed by atoms with E-state index in [1.807, 2.05) is 18.2 Å². The van der Waals surface area contributed by atoms with Crippen molar-refractivity contribution in [2.75, 3.05) is 23.3 Å². The van der Waals surface area contributed by atoms with E-state index < -0.39 is 5.97 Å². The first-order valence-corrected chi connectivity index (χ1v) is 15.8. The van der Waals surface area contributed by atoms with Crippen LogP contribution >= 0.6 is 0 Å². The van der Waals surface area contributed by atoms with Crippen molar-refractivity contribution in [3.05, 3.63) is 83.4 Å². The number of hydrogen-bond acceptors (Lipinski definition) is 4. The number of carboxylic acid groups (broad SMARTS) is 1. The van der Waals surface area contributed by atoms with Gasteiger partial charge in [-0.1, -0.05) is 67.8 Å². The van der Waals surface area contributed by atoms with Crippen molar-refractivity contribution in [2.45, 2.75) is 70.9 Å². The number of nitrogens with zero attached hydrogens (tertiary/aromatic N) is 2. The maximum Gasteiger partial charge on any atom is 0.305 e. The van der Waals surface area contributed by atoms with Gasteiger partial charge in [-0.25, -0.2) is 0 Å². The molecule has 3 aromatic rings. The van der Waals surface area contributed by atoms with Crippen molar-refractivity contribution in [3.8, 4) is 11.1 Å². The molecular weight excluding hydrogens is 538 g/mol. The van der Waals surface area contributed by atoms with Gasteiger partial charge in [0.2, 0.25) is 11.8 Å². The molecule has 1 aliphatic heterocycles. The fourth-order valence-corrected chi connectivity index (χ4v) is 6.55. The fourth-order valence-electron chi connectivity index (χ4n) is 6.55. The van der Waals surface area contributed by atoms with Gasteiger partial charge < -0.3 is 20.2 Å². The van der Waals surface area contributed by atoms with Gasteiger partial charge in [-0.3, -0.25) is 14.4 Å². The SMILES string of the molecule is O=C(O)CCN(Cc1cccc(-c2ccc(N3CCc4ccccc4C3)c(NC(=O)C3CCCCC3)c2)c1)C(=O)C1CC1. The van der Waals surface area contributed by atoms with Crippen LogP contribution in [0.1, 0.15) is 68.1 Å². The Kier molecular flexibility index (Phi) is 8.77. The highest BCUT2D eigenvalue weighted by atomic mass is 16.4. The van der Waals surface area contributed by atoms with Gasteiger partial charge in [0, 0.05) is 38.0 Å². The molecule has 2 amide bonds. The minimum atomic E-state index is -0.901. The lowest BCUT2D eigenvalue weighted by atomic mass is 9.88. The Morgan fingerprint density at radius 2 is 1.60 bits per heavy atom. The number of hydrogen-bond donors (Lipinski definition) is 2. The van der Waals surface area contributed by atoms with Crippen LogP contribution in [0, 0.1) is 11.8 Å². The predicted molar refractivity (Wildman–Crippen MR) is 169 cm³/mol. The van der Waals surface area contributed by atoms with Gasteiger partial charge in [0.25, 0.3) is 0 Å². The number of rotatable bonds is 10. The van der Waals surface area contributed by atoms with Crippen LogP contribution in [0.15, 0.2) is 66.7 Å². The van der Waals surface area contributed by atoms with Crippen molar-refractivity contribution in [3.63, 3.8) is 0 Å². The van der Waals surface area contributed by atoms with Crippen LogP contribution in [0.5, 0.6) is 0 Å². The maximum atomic E-state index is 13.4. The smallest absolute Gasteiger partial charge is 0.305 e. The van der Waals surface area contributed by atoms with Crippen molar-refractivity contribution in [2.24, 2.45) is 11.8 Å². The molecule has 0 atom stereocenters. The summed E-state index contributed by atoms with van der Waals surface area (Å²) >= 11 is 0. The van der Waals surface area contributed by atoms with Crippen LogP contribution in [-0.2, 0) is 33.9 Å². The lowest BCUT2D eigenvalue weighted by Crippen LogP contribution is -2.33. The maximum absolute atomic E-state index is 13.4. The van der Waals surface area contributed by atoms with E-state index in [1.165, 1.54) is 17.5 Å². The van der Waals surface area contributed by atoms with Crippen molar-refractivity contribution >= 4 is 29.2 Å². The molecule has 0 spiro atoms. The average Bonchev–Trinajstić information content (AvgIpc) is 3.89. The van der Waals surface area contributed by atoms with Crippen LogP contribution in [0.2, 0.25) is 0 Å². The molecule has 2 N–H and O–H groups in total. The Labute approximate surface area is 253 Å². The first kappa shape index (κ1) is 29.0. The van der Waals surface area contributed by atoms with Crippen LogP contribution in [-0.4, -0.2) is 40.9 Å². The minimum Gasteiger partial charge on any atom is -0.481 e. The van der Waals surface area contributed by atoms with Gasteiger partial charge >= 0.3 is 5.97 Å². The summed E-state index contributed by atoms with van der Waals surface area (Å²) in [6, 6.07) is 23.0. The monoisotopic (exact) mass is 579 g/mol. The van der Waals surface area contributed by atoms with Gasteiger partial charge in [0.05, 0.1) is 17.8 Å². The van der Waals surface area contributed by atoms with Gasteiger partial charge in [-0.15, -0.1) is 0 Å². The van der Waals surface area contributed by atoms with Gasteiger partial charge in [0.1, 0.15) is 0 Å². The summed E-state index contributed by atoms with van der Waals surface area (Å²) < 4.78 is 0. The largest absolute Gasteiger partial charge is 0.481 e. The molecule has 1 heterocycles. The zero-order chi connectivity index (χ0) is 29.8. The molecule has 2 fully saturated rings. The number of fused-ring (bicyclic) bond motifs is 1. The molecule has 0 bridgehead atoms. The fraction of sp³-hybridized carbons (Fsp3) is 0.417. The van der Waals surface area contributed by atoms with E-state index in [2.05, 4.69) is 58.7 Å². The number of aliphatic carboxylic acids is 1. The molecule has 3 aromatic carbocycles. The van der Waals surface area contributed by atoms with Crippen LogP contribution in [0.25, 0.3) is 11.1 Å². The first-order chi connectivity index (χ1) is 20.9. The number of carbonyl (C=O) groups is 3. The van der Waals surface area contributed by atoms with E-state index in [0.29, 0.717) is 6.54 Å². The number of nitrogens with one attached hydrogen (secondary N) is 1. The van der Waals surface area contributed by atoms with E-state index in [0.717, 1.165) is 86.1 Å². The molecule has 7 nitrogen and oxygen atoms in total. The topological polar surface area (TPSA) is 89.9 Å². The summed E-state index contributed by atoms with van der Waals surface area (Å²) in [5.74, 6) is -0.663. The van der Waals surface area contributed by atoms with E-state index in [-0.39, 0.29) is 36.6 Å². The summed E-state index contributed by atoms with van der Waals surface area (Å²) in [5.41, 5.74) is 7.53. The highest BCUT2D eigenvalue weighted by molar-refractivity contribution is 5.97. The zero-order valence-corrected chi connectivity index (χ0v) is 24.8. The number of benzene rings is 3. The number of carbonyl (C=O) groups excluding carboxylic acids is 2. The predicted octanol–water partition coefficient (Wildman–Crippen LogP) is 6.65. The Morgan fingerprint density at radius 3 is 2.37 bits per heavy atom. The standard InChI is InChI=1S/C36H41N3O4/c40-34(41)18-20-39(36(43)28-13-14-28)23-25-7-6-12-29(21-25)30-15-16-33(38-19-17-26-8-4-5-11-31(26)24-38)32(22-30)37-35(42)27-9-2-1-3-10-27/h4-8,11-12,15-16,21-22,27-28H,1-3,9-10,13-14,17-20,23-24H2,(H,37,42)(H,40,41). The third kappa shape index (κ3) is 7.10. The number of anilines is 2. The second kappa shape index (κ2) is 13.0. The second-order valence-electron chi connectivity index (χ2n) is 12.4. The molecule has 0 radical (unpaired) electrons.